The van der Waals surface area contributed by atoms with E-state index in [1.54, 1.807) is 24.4 Å². The molecule has 0 unspecified atom stereocenters. The molecular weight excluding hydrogens is 403 g/mol. The number of benzene rings is 1. The lowest BCUT2D eigenvalue weighted by atomic mass is 10.1. The zero-order valence-corrected chi connectivity index (χ0v) is 18.5. The van der Waals surface area contributed by atoms with Gasteiger partial charge in [-0.2, -0.15) is 0 Å². The normalized spacial score (nSPS) is 10.0. The Morgan fingerprint density at radius 2 is 1.96 bits per heavy atom. The van der Waals surface area contributed by atoms with Gasteiger partial charge in [-0.05, 0) is 55.1 Å². The average Bonchev–Trinajstić information content (AvgIpc) is 2.67. The van der Waals surface area contributed by atoms with Crippen LogP contribution in [0.25, 0.3) is 0 Å². The molecule has 0 bridgehead atoms. The van der Waals surface area contributed by atoms with Gasteiger partial charge in [0.05, 0.1) is 17.2 Å². The average molecular weight is 429 g/mol. The fourth-order valence-corrected chi connectivity index (χ4v) is 3.20. The first-order valence-corrected chi connectivity index (χ1v) is 10.6. The van der Waals surface area contributed by atoms with Gasteiger partial charge >= 0.3 is 5.97 Å². The molecule has 1 N–H and O–H groups in total. The molecule has 0 fully saturated rings. The van der Waals surface area contributed by atoms with Gasteiger partial charge in [-0.15, -0.1) is 0 Å². The molecule has 1 aromatic carbocycles. The van der Waals surface area contributed by atoms with E-state index in [1.165, 1.54) is 11.9 Å². The maximum absolute atomic E-state index is 12.2. The second-order valence-electron chi connectivity index (χ2n) is 5.51. The first-order valence-electron chi connectivity index (χ1n) is 9.03. The summed E-state index contributed by atoms with van der Waals surface area (Å²) < 4.78 is 8.41. The molecule has 1 aromatic heterocycles. The van der Waals surface area contributed by atoms with Crippen LogP contribution in [0.15, 0.2) is 35.4 Å². The number of halogens is 2. The number of pyridine rings is 1. The molecule has 148 valence electrons. The minimum atomic E-state index is -0.325. The molecule has 0 aliphatic rings. The third-order valence-electron chi connectivity index (χ3n) is 3.46. The SMILES string of the molecule is CC.CCCCCOC(=O)c1cc(NSc2ccc(Cl)cc2Cl)ncc1C. The van der Waals surface area contributed by atoms with E-state index < -0.39 is 0 Å². The van der Waals surface area contributed by atoms with Crippen molar-refractivity contribution in [3.05, 3.63) is 51.6 Å². The molecule has 0 radical (unpaired) electrons. The summed E-state index contributed by atoms with van der Waals surface area (Å²) in [6.07, 6.45) is 4.66. The Hall–Kier alpha value is -1.43. The molecule has 0 atom stereocenters. The molecule has 2 rings (SSSR count). The molecule has 0 saturated heterocycles. The summed E-state index contributed by atoms with van der Waals surface area (Å²) in [4.78, 5) is 17.3. The molecular formula is C20H26Cl2N2O2S. The largest absolute Gasteiger partial charge is 0.462 e. The summed E-state index contributed by atoms with van der Waals surface area (Å²) >= 11 is 13.3. The van der Waals surface area contributed by atoms with Crippen LogP contribution in [0.5, 0.6) is 0 Å². The molecule has 0 amide bonds. The fourth-order valence-electron chi connectivity index (χ4n) is 2.06. The van der Waals surface area contributed by atoms with Gasteiger partial charge in [0.2, 0.25) is 0 Å². The predicted molar refractivity (Wildman–Crippen MR) is 116 cm³/mol. The summed E-state index contributed by atoms with van der Waals surface area (Å²) in [5, 5.41) is 1.13. The molecule has 0 aliphatic carbocycles. The number of anilines is 1. The molecule has 0 saturated carbocycles. The van der Waals surface area contributed by atoms with Crippen molar-refractivity contribution in [3.63, 3.8) is 0 Å². The molecule has 2 aromatic rings. The first kappa shape index (κ1) is 23.6. The van der Waals surface area contributed by atoms with Gasteiger partial charge in [-0.1, -0.05) is 56.8 Å². The van der Waals surface area contributed by atoms with Gasteiger partial charge in [0.25, 0.3) is 0 Å². The Bertz CT molecular complexity index is 742. The third-order valence-corrected chi connectivity index (χ3v) is 5.01. The van der Waals surface area contributed by atoms with E-state index in [0.717, 1.165) is 29.7 Å². The Balaban J connectivity index is 0.00000176. The minimum absolute atomic E-state index is 0.325. The van der Waals surface area contributed by atoms with E-state index in [2.05, 4.69) is 16.6 Å². The van der Waals surface area contributed by atoms with Crippen molar-refractivity contribution in [2.24, 2.45) is 0 Å². The lowest BCUT2D eigenvalue weighted by Gasteiger charge is -2.10. The van der Waals surface area contributed by atoms with E-state index >= 15 is 0 Å². The van der Waals surface area contributed by atoms with Gasteiger partial charge in [0.15, 0.2) is 0 Å². The standard InChI is InChI=1S/C18H20Cl2N2O2S.C2H6/c1-3-4-5-8-24-18(23)14-10-17(21-11-12(14)2)22-25-16-7-6-13(19)9-15(16)20;1-2/h6-7,9-11H,3-5,8H2,1-2H3,(H,21,22);1-2H3. The van der Waals surface area contributed by atoms with Gasteiger partial charge in [-0.3, -0.25) is 0 Å². The van der Waals surface area contributed by atoms with Crippen LogP contribution in [0.3, 0.4) is 0 Å². The number of carbonyl (C=O) groups is 1. The number of hydrogen-bond donors (Lipinski definition) is 1. The predicted octanol–water partition coefficient (Wildman–Crippen LogP) is 7.19. The topological polar surface area (TPSA) is 51.2 Å². The number of esters is 1. The van der Waals surface area contributed by atoms with Crippen molar-refractivity contribution in [3.8, 4) is 0 Å². The highest BCUT2D eigenvalue weighted by Crippen LogP contribution is 2.30. The van der Waals surface area contributed by atoms with Crippen LogP contribution < -0.4 is 4.72 Å². The van der Waals surface area contributed by atoms with E-state index in [4.69, 9.17) is 27.9 Å². The maximum Gasteiger partial charge on any atom is 0.338 e. The van der Waals surface area contributed by atoms with Gasteiger partial charge < -0.3 is 9.46 Å². The van der Waals surface area contributed by atoms with Crippen LogP contribution >= 0.6 is 35.1 Å². The van der Waals surface area contributed by atoms with Gasteiger partial charge in [-0.25, -0.2) is 9.78 Å². The molecule has 0 aliphatic heterocycles. The van der Waals surface area contributed by atoms with Crippen LogP contribution in [0.4, 0.5) is 5.82 Å². The van der Waals surface area contributed by atoms with Crippen LogP contribution in [0.1, 0.15) is 56.0 Å². The van der Waals surface area contributed by atoms with E-state index in [-0.39, 0.29) is 5.97 Å². The van der Waals surface area contributed by atoms with Crippen LogP contribution in [0.2, 0.25) is 10.0 Å². The number of rotatable bonds is 8. The van der Waals surface area contributed by atoms with Crippen LogP contribution in [-0.2, 0) is 4.74 Å². The van der Waals surface area contributed by atoms with E-state index in [9.17, 15) is 4.79 Å². The number of nitrogens with one attached hydrogen (secondary N) is 1. The molecule has 27 heavy (non-hydrogen) atoms. The van der Waals surface area contributed by atoms with Gasteiger partial charge in [0, 0.05) is 16.1 Å². The summed E-state index contributed by atoms with van der Waals surface area (Å²) in [5.74, 6) is 0.232. The Kier molecular flexibility index (Phi) is 11.3. The number of ether oxygens (including phenoxy) is 1. The Morgan fingerprint density at radius 3 is 2.63 bits per heavy atom. The number of carbonyl (C=O) groups excluding carboxylic acids is 1. The van der Waals surface area contributed by atoms with Gasteiger partial charge in [0.1, 0.15) is 5.82 Å². The lowest BCUT2D eigenvalue weighted by molar-refractivity contribution is 0.0497. The summed E-state index contributed by atoms with van der Waals surface area (Å²) in [6.45, 7) is 8.38. The number of hydrogen-bond acceptors (Lipinski definition) is 5. The monoisotopic (exact) mass is 428 g/mol. The highest BCUT2D eigenvalue weighted by atomic mass is 35.5. The lowest BCUT2D eigenvalue weighted by Crippen LogP contribution is -2.09. The highest BCUT2D eigenvalue weighted by Gasteiger charge is 2.13. The molecule has 1 heterocycles. The second-order valence-corrected chi connectivity index (χ2v) is 7.20. The zero-order valence-electron chi connectivity index (χ0n) is 16.1. The van der Waals surface area contributed by atoms with Crippen molar-refractivity contribution < 1.29 is 9.53 Å². The number of aryl methyl sites for hydroxylation is 1. The van der Waals surface area contributed by atoms with Crippen molar-refractivity contribution in [2.45, 2.75) is 51.9 Å². The van der Waals surface area contributed by atoms with E-state index in [1.807, 2.05) is 26.8 Å². The second kappa shape index (κ2) is 12.9. The quantitative estimate of drug-likeness (QED) is 0.273. The summed E-state index contributed by atoms with van der Waals surface area (Å²) in [5.41, 5.74) is 1.29. The fraction of sp³-hybridized carbons (Fsp3) is 0.400. The Morgan fingerprint density at radius 1 is 1.22 bits per heavy atom. The number of nitrogens with zero attached hydrogens (tertiary/aromatic N) is 1. The zero-order chi connectivity index (χ0) is 20.2. The highest BCUT2D eigenvalue weighted by molar-refractivity contribution is 8.00. The smallest absolute Gasteiger partial charge is 0.338 e. The van der Waals surface area contributed by atoms with Crippen molar-refractivity contribution in [1.82, 2.24) is 4.98 Å². The summed E-state index contributed by atoms with van der Waals surface area (Å²) in [6, 6.07) is 6.95. The third kappa shape index (κ3) is 7.99. The van der Waals surface area contributed by atoms with Crippen LogP contribution in [0, 0.1) is 6.92 Å². The first-order chi connectivity index (χ1) is 13.0. The van der Waals surface area contributed by atoms with Crippen molar-refractivity contribution >= 4 is 46.9 Å². The van der Waals surface area contributed by atoms with E-state index in [0.29, 0.717) is 28.0 Å². The molecule has 4 nitrogen and oxygen atoms in total. The summed E-state index contributed by atoms with van der Waals surface area (Å²) in [7, 11) is 0. The molecule has 0 spiro atoms. The minimum Gasteiger partial charge on any atom is -0.462 e. The maximum atomic E-state index is 12.2. The Labute approximate surface area is 176 Å². The van der Waals surface area contributed by atoms with Crippen molar-refractivity contribution in [1.29, 1.82) is 0 Å². The molecule has 7 heteroatoms. The number of unbranched alkanes of at least 4 members (excludes halogenated alkanes) is 2. The van der Waals surface area contributed by atoms with Crippen molar-refractivity contribution in [2.75, 3.05) is 11.3 Å². The van der Waals surface area contributed by atoms with Crippen LogP contribution in [-0.4, -0.2) is 17.6 Å². The number of aromatic nitrogens is 1.